The molecule has 2 aromatic rings. The minimum Gasteiger partial charge on any atom is -0.328 e. The summed E-state index contributed by atoms with van der Waals surface area (Å²) in [6, 6.07) is 5.33. The number of rotatable bonds is 3. The van der Waals surface area contributed by atoms with Crippen LogP contribution in [-0.2, 0) is 4.79 Å². The van der Waals surface area contributed by atoms with Gasteiger partial charge in [0.15, 0.2) is 0 Å². The Kier molecular flexibility index (Phi) is 3.54. The molecule has 1 aliphatic rings. The lowest BCUT2D eigenvalue weighted by molar-refractivity contribution is -0.114. The number of halogens is 1. The van der Waals surface area contributed by atoms with Crippen LogP contribution in [0, 0.1) is 25.1 Å². The van der Waals surface area contributed by atoms with Crippen molar-refractivity contribution < 1.29 is 9.18 Å². The van der Waals surface area contributed by atoms with E-state index in [0.717, 1.165) is 17.0 Å². The van der Waals surface area contributed by atoms with Crippen LogP contribution in [0.25, 0.3) is 0 Å². The van der Waals surface area contributed by atoms with E-state index < -0.39 is 0 Å². The van der Waals surface area contributed by atoms with E-state index in [1.807, 2.05) is 19.1 Å². The summed E-state index contributed by atoms with van der Waals surface area (Å²) in [6.45, 7) is 9.62. The summed E-state index contributed by atoms with van der Waals surface area (Å²) in [7, 11) is 0. The second-order valence-electron chi connectivity index (χ2n) is 7.06. The number of imidazole rings is 1. The predicted octanol–water partition coefficient (Wildman–Crippen LogP) is 4.03. The van der Waals surface area contributed by atoms with Crippen molar-refractivity contribution >= 4 is 11.9 Å². The quantitative estimate of drug-likeness (QED) is 0.898. The first-order chi connectivity index (χ1) is 10.7. The Morgan fingerprint density at radius 2 is 2.00 bits per heavy atom. The van der Waals surface area contributed by atoms with Crippen molar-refractivity contribution in [3.8, 4) is 0 Å². The SMILES string of the molecule is CC(=O)Nc1nc(C2C(c3ccc(F)c(C)c3)C2(C)C)c(C)[nH]1. The third kappa shape index (κ3) is 2.64. The molecule has 2 atom stereocenters. The number of nitrogens with zero attached hydrogens (tertiary/aromatic N) is 1. The van der Waals surface area contributed by atoms with Gasteiger partial charge in [-0.25, -0.2) is 9.37 Å². The Morgan fingerprint density at radius 3 is 2.61 bits per heavy atom. The molecule has 5 heteroatoms. The molecule has 0 bridgehead atoms. The first-order valence-electron chi connectivity index (χ1n) is 7.82. The van der Waals surface area contributed by atoms with Gasteiger partial charge < -0.3 is 4.98 Å². The van der Waals surface area contributed by atoms with Crippen LogP contribution >= 0.6 is 0 Å². The molecular weight excluding hydrogens is 293 g/mol. The average Bonchev–Trinajstić information content (AvgIpc) is 2.81. The Hall–Kier alpha value is -2.17. The van der Waals surface area contributed by atoms with E-state index in [0.29, 0.717) is 17.4 Å². The van der Waals surface area contributed by atoms with Gasteiger partial charge in [-0.3, -0.25) is 10.1 Å². The first-order valence-corrected chi connectivity index (χ1v) is 7.82. The van der Waals surface area contributed by atoms with Gasteiger partial charge in [-0.05, 0) is 42.4 Å². The van der Waals surface area contributed by atoms with Gasteiger partial charge in [0.2, 0.25) is 11.9 Å². The molecule has 1 aliphatic carbocycles. The van der Waals surface area contributed by atoms with E-state index in [1.54, 1.807) is 6.92 Å². The molecule has 3 rings (SSSR count). The number of carbonyl (C=O) groups excluding carboxylic acids is 1. The second kappa shape index (κ2) is 5.18. The highest BCUT2D eigenvalue weighted by molar-refractivity contribution is 5.86. The molecule has 0 radical (unpaired) electrons. The fraction of sp³-hybridized carbons (Fsp3) is 0.444. The molecular formula is C18H22FN3O. The van der Waals surface area contributed by atoms with Crippen molar-refractivity contribution in [3.63, 3.8) is 0 Å². The zero-order chi connectivity index (χ0) is 16.9. The number of hydrogen-bond donors (Lipinski definition) is 2. The number of nitrogens with one attached hydrogen (secondary N) is 2. The third-order valence-electron chi connectivity index (χ3n) is 4.88. The molecule has 0 saturated heterocycles. The van der Waals surface area contributed by atoms with E-state index in [9.17, 15) is 9.18 Å². The van der Waals surface area contributed by atoms with Crippen LogP contribution in [0.1, 0.15) is 55.1 Å². The molecule has 1 aromatic heterocycles. The fourth-order valence-electron chi connectivity index (χ4n) is 3.63. The number of carbonyl (C=O) groups is 1. The molecule has 2 N–H and O–H groups in total. The zero-order valence-electron chi connectivity index (χ0n) is 14.1. The second-order valence-corrected chi connectivity index (χ2v) is 7.06. The molecule has 4 nitrogen and oxygen atoms in total. The van der Waals surface area contributed by atoms with Crippen LogP contribution in [-0.4, -0.2) is 15.9 Å². The minimum atomic E-state index is -0.173. The highest BCUT2D eigenvalue weighted by Crippen LogP contribution is 2.70. The molecule has 1 fully saturated rings. The summed E-state index contributed by atoms with van der Waals surface area (Å²) in [5.74, 6) is 0.723. The van der Waals surface area contributed by atoms with Crippen LogP contribution in [0.2, 0.25) is 0 Å². The summed E-state index contributed by atoms with van der Waals surface area (Å²) >= 11 is 0. The highest BCUT2D eigenvalue weighted by Gasteiger charge is 2.60. The normalized spacial score (nSPS) is 22.0. The molecule has 0 aliphatic heterocycles. The Balaban J connectivity index is 1.93. The van der Waals surface area contributed by atoms with Crippen molar-refractivity contribution in [3.05, 3.63) is 46.5 Å². The number of aryl methyl sites for hydroxylation is 2. The van der Waals surface area contributed by atoms with E-state index >= 15 is 0 Å². The van der Waals surface area contributed by atoms with Gasteiger partial charge in [0.05, 0.1) is 5.69 Å². The van der Waals surface area contributed by atoms with Crippen molar-refractivity contribution in [1.29, 1.82) is 0 Å². The van der Waals surface area contributed by atoms with Crippen LogP contribution in [0.4, 0.5) is 10.3 Å². The number of amides is 1. The Labute approximate surface area is 135 Å². The van der Waals surface area contributed by atoms with Crippen LogP contribution in [0.3, 0.4) is 0 Å². The van der Waals surface area contributed by atoms with Gasteiger partial charge in [-0.1, -0.05) is 26.0 Å². The maximum Gasteiger partial charge on any atom is 0.223 e. The number of aromatic nitrogens is 2. The lowest BCUT2D eigenvalue weighted by Gasteiger charge is -2.04. The monoisotopic (exact) mass is 315 g/mol. The molecule has 122 valence electrons. The number of benzene rings is 1. The first kappa shape index (κ1) is 15.7. The number of H-pyrrole nitrogens is 1. The number of anilines is 1. The van der Waals surface area contributed by atoms with Gasteiger partial charge in [0.1, 0.15) is 5.82 Å². The maximum atomic E-state index is 13.5. The zero-order valence-corrected chi connectivity index (χ0v) is 14.1. The lowest BCUT2D eigenvalue weighted by Crippen LogP contribution is -2.07. The van der Waals surface area contributed by atoms with Crippen molar-refractivity contribution in [2.45, 2.75) is 46.5 Å². The van der Waals surface area contributed by atoms with Crippen molar-refractivity contribution in [2.24, 2.45) is 5.41 Å². The van der Waals surface area contributed by atoms with Crippen LogP contribution in [0.15, 0.2) is 18.2 Å². The van der Waals surface area contributed by atoms with Crippen molar-refractivity contribution in [2.75, 3.05) is 5.32 Å². The average molecular weight is 315 g/mol. The summed E-state index contributed by atoms with van der Waals surface area (Å²) in [4.78, 5) is 18.9. The summed E-state index contributed by atoms with van der Waals surface area (Å²) in [6.07, 6.45) is 0. The van der Waals surface area contributed by atoms with Gasteiger partial charge in [0.25, 0.3) is 0 Å². The Bertz CT molecular complexity index is 779. The smallest absolute Gasteiger partial charge is 0.223 e. The molecule has 23 heavy (non-hydrogen) atoms. The van der Waals surface area contributed by atoms with Gasteiger partial charge in [-0.2, -0.15) is 0 Å². The fourth-order valence-corrected chi connectivity index (χ4v) is 3.63. The van der Waals surface area contributed by atoms with Gasteiger partial charge in [0, 0.05) is 18.5 Å². The Morgan fingerprint density at radius 1 is 1.30 bits per heavy atom. The molecule has 2 unspecified atom stereocenters. The van der Waals surface area contributed by atoms with Crippen LogP contribution in [0.5, 0.6) is 0 Å². The van der Waals surface area contributed by atoms with Crippen LogP contribution < -0.4 is 5.32 Å². The van der Waals surface area contributed by atoms with E-state index in [-0.39, 0.29) is 23.1 Å². The summed E-state index contributed by atoms with van der Waals surface area (Å²) in [5.41, 5.74) is 3.81. The summed E-state index contributed by atoms with van der Waals surface area (Å²) < 4.78 is 13.5. The molecule has 1 aromatic carbocycles. The molecule has 1 amide bonds. The van der Waals surface area contributed by atoms with E-state index in [2.05, 4.69) is 29.1 Å². The van der Waals surface area contributed by atoms with Gasteiger partial charge in [-0.15, -0.1) is 0 Å². The number of aromatic amines is 1. The maximum absolute atomic E-state index is 13.5. The summed E-state index contributed by atoms with van der Waals surface area (Å²) in [5, 5.41) is 2.69. The molecule has 1 saturated carbocycles. The van der Waals surface area contributed by atoms with E-state index in [1.165, 1.54) is 13.0 Å². The largest absolute Gasteiger partial charge is 0.328 e. The predicted molar refractivity (Wildman–Crippen MR) is 88.0 cm³/mol. The third-order valence-corrected chi connectivity index (χ3v) is 4.88. The molecule has 1 heterocycles. The van der Waals surface area contributed by atoms with Crippen molar-refractivity contribution in [1.82, 2.24) is 9.97 Å². The van der Waals surface area contributed by atoms with E-state index in [4.69, 9.17) is 0 Å². The topological polar surface area (TPSA) is 57.8 Å². The minimum absolute atomic E-state index is 0.0533. The molecule has 0 spiro atoms. The number of hydrogen-bond acceptors (Lipinski definition) is 2. The van der Waals surface area contributed by atoms with Gasteiger partial charge >= 0.3 is 0 Å². The highest BCUT2D eigenvalue weighted by atomic mass is 19.1. The standard InChI is InChI=1S/C18H22FN3O/c1-9-8-12(6-7-13(9)19)14-15(18(14,4)5)16-10(2)20-17(22-16)21-11(3)23/h6-8,14-15H,1-5H3,(H2,20,21,22,23). The lowest BCUT2D eigenvalue weighted by atomic mass is 10.0.